The van der Waals surface area contributed by atoms with Crippen molar-refractivity contribution in [3.05, 3.63) is 80.7 Å². The molecule has 0 unspecified atom stereocenters. The van der Waals surface area contributed by atoms with Crippen molar-refractivity contribution in [1.82, 2.24) is 0 Å². The molecule has 2 aromatic carbocycles. The minimum atomic E-state index is -0.284. The smallest absolute Gasteiger partial charge is 0.256 e. The molecule has 0 spiro atoms. The lowest BCUT2D eigenvalue weighted by Crippen LogP contribution is -2.03. The van der Waals surface area contributed by atoms with Crippen molar-refractivity contribution in [1.29, 1.82) is 0 Å². The van der Waals surface area contributed by atoms with Crippen LogP contribution in [0.5, 0.6) is 5.75 Å². The van der Waals surface area contributed by atoms with Gasteiger partial charge in [0.2, 0.25) is 5.78 Å². The second kappa shape index (κ2) is 6.72. The molecule has 2 heterocycles. The van der Waals surface area contributed by atoms with Crippen molar-refractivity contribution in [3.63, 3.8) is 0 Å². The summed E-state index contributed by atoms with van der Waals surface area (Å²) in [6.07, 6.45) is 3.09. The first-order valence-corrected chi connectivity index (χ1v) is 9.05. The van der Waals surface area contributed by atoms with E-state index in [1.807, 2.05) is 0 Å². The third kappa shape index (κ3) is 3.18. The van der Waals surface area contributed by atoms with Crippen LogP contribution in [-0.2, 0) is 4.79 Å². The van der Waals surface area contributed by atoms with Crippen LogP contribution in [0.15, 0.2) is 57.6 Å². The molecule has 4 rings (SSSR count). The lowest BCUT2D eigenvalue weighted by Gasteiger charge is -2.05. The van der Waals surface area contributed by atoms with E-state index in [1.54, 1.807) is 48.5 Å². The molecule has 2 N–H and O–H groups in total. The largest absolute Gasteiger partial charge is 0.505 e. The van der Waals surface area contributed by atoms with E-state index in [2.05, 4.69) is 21.2 Å². The Morgan fingerprint density at radius 2 is 2.04 bits per heavy atom. The Balaban J connectivity index is 1.78. The van der Waals surface area contributed by atoms with Gasteiger partial charge in [-0.1, -0.05) is 11.6 Å². The first-order valence-electron chi connectivity index (χ1n) is 7.88. The van der Waals surface area contributed by atoms with Crippen LogP contribution >= 0.6 is 27.5 Å². The number of carbonyl (C=O) groups excluding carboxylic acids is 2. The van der Waals surface area contributed by atoms with Gasteiger partial charge in [-0.05, 0) is 70.0 Å². The van der Waals surface area contributed by atoms with Crippen LogP contribution in [0.1, 0.15) is 27.2 Å². The Morgan fingerprint density at radius 3 is 2.74 bits per heavy atom. The Morgan fingerprint density at radius 1 is 1.22 bits per heavy atom. The summed E-state index contributed by atoms with van der Waals surface area (Å²) in [6, 6.07) is 11.4. The Hall–Kier alpha value is -2.83. The SMILES string of the molecule is O=C1Nc2ccc(C(=O)c3ccco3)cc2/C1=C/c1cc(Cl)c(O)c(Br)c1. The topological polar surface area (TPSA) is 79.5 Å². The van der Waals surface area contributed by atoms with E-state index in [0.29, 0.717) is 32.4 Å². The van der Waals surface area contributed by atoms with Crippen LogP contribution in [0.25, 0.3) is 11.6 Å². The van der Waals surface area contributed by atoms with Gasteiger partial charge < -0.3 is 14.8 Å². The first-order chi connectivity index (χ1) is 12.9. The van der Waals surface area contributed by atoms with Gasteiger partial charge in [0, 0.05) is 22.4 Å². The normalized spacial score (nSPS) is 14.3. The van der Waals surface area contributed by atoms with E-state index in [-0.39, 0.29) is 28.2 Å². The second-order valence-corrected chi connectivity index (χ2v) is 7.17. The molecule has 134 valence electrons. The average Bonchev–Trinajstić information content (AvgIpc) is 3.27. The number of aromatic hydroxyl groups is 1. The van der Waals surface area contributed by atoms with Crippen LogP contribution in [0, 0.1) is 0 Å². The number of phenols is 1. The molecule has 1 aliphatic heterocycles. The lowest BCUT2D eigenvalue weighted by molar-refractivity contribution is -0.110. The molecule has 7 heteroatoms. The summed E-state index contributed by atoms with van der Waals surface area (Å²) in [5.74, 6) is -0.390. The summed E-state index contributed by atoms with van der Waals surface area (Å²) in [4.78, 5) is 24.9. The highest BCUT2D eigenvalue weighted by atomic mass is 79.9. The molecule has 1 aliphatic rings. The van der Waals surface area contributed by atoms with Crippen molar-refractivity contribution in [2.45, 2.75) is 0 Å². The number of phenolic OH excluding ortho intramolecular Hbond substituents is 1. The maximum atomic E-state index is 12.5. The van der Waals surface area contributed by atoms with E-state index >= 15 is 0 Å². The van der Waals surface area contributed by atoms with Crippen molar-refractivity contribution >= 4 is 56.6 Å². The molecule has 3 aromatic rings. The van der Waals surface area contributed by atoms with Crippen LogP contribution in [0.2, 0.25) is 5.02 Å². The molecule has 5 nitrogen and oxygen atoms in total. The zero-order chi connectivity index (χ0) is 19.1. The highest BCUT2D eigenvalue weighted by Gasteiger charge is 2.26. The zero-order valence-electron chi connectivity index (χ0n) is 13.6. The summed E-state index contributed by atoms with van der Waals surface area (Å²) < 4.78 is 5.58. The van der Waals surface area contributed by atoms with E-state index < -0.39 is 0 Å². The molecule has 1 aromatic heterocycles. The van der Waals surface area contributed by atoms with Gasteiger partial charge in [-0.2, -0.15) is 0 Å². The highest BCUT2D eigenvalue weighted by Crippen LogP contribution is 2.37. The van der Waals surface area contributed by atoms with Gasteiger partial charge >= 0.3 is 0 Å². The fraction of sp³-hybridized carbons (Fsp3) is 0. The molecule has 0 saturated heterocycles. The van der Waals surface area contributed by atoms with Crippen molar-refractivity contribution in [2.75, 3.05) is 5.32 Å². The minimum Gasteiger partial charge on any atom is -0.505 e. The number of rotatable bonds is 3. The van der Waals surface area contributed by atoms with Crippen LogP contribution in [-0.4, -0.2) is 16.8 Å². The quantitative estimate of drug-likeness (QED) is 0.434. The van der Waals surface area contributed by atoms with Crippen LogP contribution < -0.4 is 5.32 Å². The van der Waals surface area contributed by atoms with Gasteiger partial charge in [-0.15, -0.1) is 0 Å². The van der Waals surface area contributed by atoms with Crippen LogP contribution in [0.3, 0.4) is 0 Å². The Kier molecular flexibility index (Phi) is 4.37. The van der Waals surface area contributed by atoms with Gasteiger partial charge in [0.15, 0.2) is 5.76 Å². The van der Waals surface area contributed by atoms with Crippen LogP contribution in [0.4, 0.5) is 5.69 Å². The van der Waals surface area contributed by atoms with Gasteiger partial charge in [-0.3, -0.25) is 9.59 Å². The van der Waals surface area contributed by atoms with Crippen molar-refractivity contribution in [2.24, 2.45) is 0 Å². The van der Waals surface area contributed by atoms with E-state index in [1.165, 1.54) is 6.26 Å². The predicted octanol–water partition coefficient (Wildman–Crippen LogP) is 5.12. The number of halogens is 2. The monoisotopic (exact) mass is 443 g/mol. The number of furan rings is 1. The summed E-state index contributed by atoms with van der Waals surface area (Å²) in [6.45, 7) is 0. The highest BCUT2D eigenvalue weighted by molar-refractivity contribution is 9.10. The summed E-state index contributed by atoms with van der Waals surface area (Å²) in [5.41, 5.74) is 2.66. The molecule has 0 fully saturated rings. The fourth-order valence-electron chi connectivity index (χ4n) is 2.86. The van der Waals surface area contributed by atoms with E-state index in [9.17, 15) is 14.7 Å². The van der Waals surface area contributed by atoms with Crippen molar-refractivity contribution in [3.8, 4) is 5.75 Å². The number of fused-ring (bicyclic) bond motifs is 1. The van der Waals surface area contributed by atoms with Crippen molar-refractivity contribution < 1.29 is 19.1 Å². The molecule has 0 atom stereocenters. The third-order valence-corrected chi connectivity index (χ3v) is 5.05. The third-order valence-electron chi connectivity index (χ3n) is 4.16. The second-order valence-electron chi connectivity index (χ2n) is 5.91. The molecule has 0 radical (unpaired) electrons. The molecule has 0 aliphatic carbocycles. The maximum Gasteiger partial charge on any atom is 0.256 e. The number of ketones is 1. The van der Waals surface area contributed by atoms with Gasteiger partial charge in [0.05, 0.1) is 15.8 Å². The number of hydrogen-bond acceptors (Lipinski definition) is 4. The number of anilines is 1. The standard InChI is InChI=1S/C20H11BrClNO4/c21-14-7-10(8-15(22)19(14)25)6-13-12-9-11(3-4-16(12)23-20(13)26)18(24)17-2-1-5-27-17/h1-9,25H,(H,23,26)/b13-6-. The molecular weight excluding hydrogens is 434 g/mol. The average molecular weight is 445 g/mol. The van der Waals surface area contributed by atoms with E-state index in [4.69, 9.17) is 16.0 Å². The summed E-state index contributed by atoms with van der Waals surface area (Å²) >= 11 is 9.23. The number of nitrogens with one attached hydrogen (secondary N) is 1. The predicted molar refractivity (Wildman–Crippen MR) is 106 cm³/mol. The lowest BCUT2D eigenvalue weighted by atomic mass is 9.99. The zero-order valence-corrected chi connectivity index (χ0v) is 16.0. The Labute approximate surface area is 167 Å². The fourth-order valence-corrected chi connectivity index (χ4v) is 3.68. The molecule has 27 heavy (non-hydrogen) atoms. The Bertz CT molecular complexity index is 1100. The van der Waals surface area contributed by atoms with E-state index in [0.717, 1.165) is 0 Å². The van der Waals surface area contributed by atoms with Gasteiger partial charge in [0.25, 0.3) is 5.91 Å². The summed E-state index contributed by atoms with van der Waals surface area (Å²) in [7, 11) is 0. The first kappa shape index (κ1) is 17.6. The number of hydrogen-bond donors (Lipinski definition) is 2. The molecule has 0 bridgehead atoms. The van der Waals surface area contributed by atoms with Gasteiger partial charge in [0.1, 0.15) is 5.75 Å². The number of amides is 1. The van der Waals surface area contributed by atoms with Gasteiger partial charge in [-0.25, -0.2) is 0 Å². The summed E-state index contributed by atoms with van der Waals surface area (Å²) in [5, 5.41) is 12.7. The maximum absolute atomic E-state index is 12.5. The number of benzene rings is 2. The minimum absolute atomic E-state index is 0.0681. The molecular formula is C20H11BrClNO4. The molecule has 0 saturated carbocycles. The number of carbonyl (C=O) groups is 2. The molecule has 1 amide bonds.